The molecule has 1 aliphatic heterocycles. The maximum Gasteiger partial charge on any atom is 0.414 e. The zero-order valence-electron chi connectivity index (χ0n) is 17.6. The van der Waals surface area contributed by atoms with Crippen molar-refractivity contribution >= 4 is 17.8 Å². The Hall–Kier alpha value is -2.44. The molecule has 0 radical (unpaired) electrons. The fourth-order valence-electron chi connectivity index (χ4n) is 3.15. The van der Waals surface area contributed by atoms with Crippen LogP contribution in [-0.4, -0.2) is 42.1 Å². The Morgan fingerprint density at radius 3 is 2.31 bits per heavy atom. The number of benzene rings is 1. The van der Waals surface area contributed by atoms with Crippen LogP contribution < -0.4 is 0 Å². The first-order chi connectivity index (χ1) is 13.5. The number of carbonyl (C=O) groups excluding carboxylic acids is 2. The van der Waals surface area contributed by atoms with Crippen LogP contribution in [0.4, 0.5) is 13.6 Å². The van der Waals surface area contributed by atoms with Gasteiger partial charge < -0.3 is 9.47 Å². The number of rotatable bonds is 5. The van der Waals surface area contributed by atoms with Gasteiger partial charge in [-0.15, -0.1) is 0 Å². The monoisotopic (exact) mass is 409 g/mol. The SMILES string of the molecule is CCC(F)(F)CC1C=C(c2ccc(C(=O)OC)cc2)N(C(=O)OC(C)(C)C)CC1. The zero-order valence-corrected chi connectivity index (χ0v) is 17.6. The van der Waals surface area contributed by atoms with E-state index in [4.69, 9.17) is 9.47 Å². The van der Waals surface area contributed by atoms with Gasteiger partial charge >= 0.3 is 12.1 Å². The van der Waals surface area contributed by atoms with Crippen molar-refractivity contribution in [3.05, 3.63) is 41.5 Å². The second kappa shape index (κ2) is 8.93. The van der Waals surface area contributed by atoms with Gasteiger partial charge in [-0.25, -0.2) is 18.4 Å². The molecule has 1 heterocycles. The van der Waals surface area contributed by atoms with Crippen molar-refractivity contribution < 1.29 is 27.8 Å². The topological polar surface area (TPSA) is 55.8 Å². The normalized spacial score (nSPS) is 17.6. The van der Waals surface area contributed by atoms with Crippen LogP contribution >= 0.6 is 0 Å². The predicted octanol–water partition coefficient (Wildman–Crippen LogP) is 5.51. The van der Waals surface area contributed by atoms with E-state index in [1.807, 2.05) is 0 Å². The van der Waals surface area contributed by atoms with Gasteiger partial charge in [-0.1, -0.05) is 25.1 Å². The van der Waals surface area contributed by atoms with Crippen molar-refractivity contribution in [2.24, 2.45) is 5.92 Å². The molecule has 1 unspecified atom stereocenters. The number of carbonyl (C=O) groups is 2. The molecule has 7 heteroatoms. The Labute approximate surface area is 170 Å². The lowest BCUT2D eigenvalue weighted by Gasteiger charge is -2.34. The number of hydrogen-bond donors (Lipinski definition) is 0. The molecule has 0 fully saturated rings. The first-order valence-electron chi connectivity index (χ1n) is 9.74. The zero-order chi connectivity index (χ0) is 21.8. The van der Waals surface area contributed by atoms with E-state index in [2.05, 4.69) is 0 Å². The number of allylic oxidation sites excluding steroid dienone is 1. The fraction of sp³-hybridized carbons (Fsp3) is 0.545. The maximum absolute atomic E-state index is 13.9. The predicted molar refractivity (Wildman–Crippen MR) is 107 cm³/mol. The number of methoxy groups -OCH3 is 1. The Bertz CT molecular complexity index is 766. The summed E-state index contributed by atoms with van der Waals surface area (Å²) in [5.41, 5.74) is 0.848. The number of hydrogen-bond acceptors (Lipinski definition) is 4. The van der Waals surface area contributed by atoms with Crippen molar-refractivity contribution in [1.29, 1.82) is 0 Å². The lowest BCUT2D eigenvalue weighted by atomic mass is 9.90. The van der Waals surface area contributed by atoms with E-state index in [9.17, 15) is 18.4 Å². The first kappa shape index (κ1) is 22.8. The summed E-state index contributed by atoms with van der Waals surface area (Å²) in [5, 5.41) is 0. The van der Waals surface area contributed by atoms with Crippen LogP contribution in [0.1, 0.15) is 62.9 Å². The van der Waals surface area contributed by atoms with E-state index >= 15 is 0 Å². The van der Waals surface area contributed by atoms with Crippen molar-refractivity contribution in [1.82, 2.24) is 4.90 Å². The van der Waals surface area contributed by atoms with Crippen LogP contribution in [-0.2, 0) is 9.47 Å². The molecule has 160 valence electrons. The highest BCUT2D eigenvalue weighted by Crippen LogP contribution is 2.36. The molecule has 29 heavy (non-hydrogen) atoms. The van der Waals surface area contributed by atoms with Gasteiger partial charge in [-0.05, 0) is 50.8 Å². The van der Waals surface area contributed by atoms with E-state index in [-0.39, 0.29) is 25.3 Å². The third-order valence-electron chi connectivity index (χ3n) is 4.70. The average Bonchev–Trinajstić information content (AvgIpc) is 2.65. The van der Waals surface area contributed by atoms with Crippen molar-refractivity contribution in [3.8, 4) is 0 Å². The van der Waals surface area contributed by atoms with E-state index in [0.717, 1.165) is 0 Å². The molecule has 0 saturated heterocycles. The minimum atomic E-state index is -2.75. The van der Waals surface area contributed by atoms with E-state index in [0.29, 0.717) is 23.2 Å². The summed E-state index contributed by atoms with van der Waals surface area (Å²) in [6.07, 6.45) is 1.12. The van der Waals surface area contributed by atoms with Crippen molar-refractivity contribution in [2.45, 2.75) is 58.5 Å². The van der Waals surface area contributed by atoms with Gasteiger partial charge in [0, 0.05) is 19.4 Å². The largest absolute Gasteiger partial charge is 0.465 e. The highest BCUT2D eigenvalue weighted by molar-refractivity contribution is 5.90. The molecule has 1 amide bonds. The third kappa shape index (κ3) is 6.27. The van der Waals surface area contributed by atoms with Gasteiger partial charge in [0.05, 0.1) is 18.4 Å². The summed E-state index contributed by atoms with van der Waals surface area (Å²) in [7, 11) is 1.29. The lowest BCUT2D eigenvalue weighted by Crippen LogP contribution is -2.39. The van der Waals surface area contributed by atoms with Crippen molar-refractivity contribution in [3.63, 3.8) is 0 Å². The highest BCUT2D eigenvalue weighted by atomic mass is 19.3. The Kier molecular flexibility index (Phi) is 7.03. The molecule has 0 bridgehead atoms. The molecule has 1 aliphatic rings. The molecule has 0 aliphatic carbocycles. The van der Waals surface area contributed by atoms with Gasteiger partial charge in [0.2, 0.25) is 5.92 Å². The summed E-state index contributed by atoms with van der Waals surface area (Å²) >= 11 is 0. The maximum atomic E-state index is 13.9. The smallest absolute Gasteiger partial charge is 0.414 e. The summed E-state index contributed by atoms with van der Waals surface area (Å²) in [6.45, 7) is 7.06. The molecule has 1 aromatic carbocycles. The average molecular weight is 409 g/mol. The molecule has 0 aromatic heterocycles. The van der Waals surface area contributed by atoms with Crippen LogP contribution in [0.3, 0.4) is 0 Å². The Morgan fingerprint density at radius 2 is 1.79 bits per heavy atom. The highest BCUT2D eigenvalue weighted by Gasteiger charge is 2.35. The molecular weight excluding hydrogens is 380 g/mol. The van der Waals surface area contributed by atoms with Crippen LogP contribution in [0, 0.1) is 5.92 Å². The number of alkyl halides is 2. The summed E-state index contributed by atoms with van der Waals surface area (Å²) < 4.78 is 38.1. The number of nitrogens with zero attached hydrogens (tertiary/aromatic N) is 1. The van der Waals surface area contributed by atoms with E-state index < -0.39 is 23.6 Å². The number of esters is 1. The van der Waals surface area contributed by atoms with Crippen LogP contribution in [0.5, 0.6) is 0 Å². The summed E-state index contributed by atoms with van der Waals surface area (Å²) in [6, 6.07) is 6.52. The molecule has 1 aromatic rings. The Morgan fingerprint density at radius 1 is 1.17 bits per heavy atom. The number of halogens is 2. The second-order valence-corrected chi connectivity index (χ2v) is 8.22. The van der Waals surface area contributed by atoms with Gasteiger partial charge in [-0.3, -0.25) is 4.90 Å². The fourth-order valence-corrected chi connectivity index (χ4v) is 3.15. The third-order valence-corrected chi connectivity index (χ3v) is 4.70. The quantitative estimate of drug-likeness (QED) is 0.602. The molecule has 0 saturated carbocycles. The molecular formula is C22H29F2NO4. The lowest BCUT2D eigenvalue weighted by molar-refractivity contribution is -0.0235. The number of ether oxygens (including phenoxy) is 2. The van der Waals surface area contributed by atoms with Gasteiger partial charge in [0.25, 0.3) is 0 Å². The summed E-state index contributed by atoms with van der Waals surface area (Å²) in [5.74, 6) is -3.59. The Balaban J connectivity index is 2.37. The first-order valence-corrected chi connectivity index (χ1v) is 9.74. The van der Waals surface area contributed by atoms with Crippen LogP contribution in [0.15, 0.2) is 30.3 Å². The van der Waals surface area contributed by atoms with Gasteiger partial charge in [-0.2, -0.15) is 0 Å². The van der Waals surface area contributed by atoms with Gasteiger partial charge in [0.1, 0.15) is 5.60 Å². The molecule has 1 atom stereocenters. The molecule has 0 spiro atoms. The van der Waals surface area contributed by atoms with Crippen LogP contribution in [0.2, 0.25) is 0 Å². The molecule has 0 N–H and O–H groups in total. The second-order valence-electron chi connectivity index (χ2n) is 8.22. The summed E-state index contributed by atoms with van der Waals surface area (Å²) in [4.78, 5) is 25.8. The molecule has 5 nitrogen and oxygen atoms in total. The minimum absolute atomic E-state index is 0.226. The van der Waals surface area contributed by atoms with Crippen molar-refractivity contribution in [2.75, 3.05) is 13.7 Å². The van der Waals surface area contributed by atoms with E-state index in [1.54, 1.807) is 51.1 Å². The minimum Gasteiger partial charge on any atom is -0.465 e. The molecule has 2 rings (SSSR count). The standard InChI is InChI=1S/C22H29F2NO4/c1-6-22(23,24)14-15-11-12-25(20(27)29-21(2,3)4)18(13-15)16-7-9-17(10-8-16)19(26)28-5/h7-10,13,15H,6,11-12,14H2,1-5H3. The van der Waals surface area contributed by atoms with Crippen LogP contribution in [0.25, 0.3) is 5.70 Å². The van der Waals surface area contributed by atoms with Gasteiger partial charge in [0.15, 0.2) is 0 Å². The number of amides is 1. The van der Waals surface area contributed by atoms with E-state index in [1.165, 1.54) is 18.9 Å².